The van der Waals surface area contributed by atoms with Crippen LogP contribution in [0.5, 0.6) is 0 Å². The number of carbonyl (C=O) groups is 1. The lowest BCUT2D eigenvalue weighted by Gasteiger charge is -2.20. The number of likely N-dealkylation sites (N-methyl/N-ethyl adjacent to an activating group) is 1. The summed E-state index contributed by atoms with van der Waals surface area (Å²) >= 11 is 15.2. The zero-order chi connectivity index (χ0) is 19.3. The van der Waals surface area contributed by atoms with Crippen LogP contribution in [0.2, 0.25) is 10.0 Å². The Hall–Kier alpha value is -1.12. The lowest BCUT2D eigenvalue weighted by molar-refractivity contribution is -0.121. The van der Waals surface area contributed by atoms with Crippen LogP contribution in [-0.4, -0.2) is 31.7 Å². The van der Waals surface area contributed by atoms with Crippen LogP contribution in [0.25, 0.3) is 0 Å². The SMILES string of the molecule is CCN(CC(=O)NCc1ccc(Cl)cc1Cl)S(=O)(=O)c1ccc(Br)cc1. The number of hydrogen-bond donors (Lipinski definition) is 1. The molecule has 0 aliphatic carbocycles. The zero-order valence-corrected chi connectivity index (χ0v) is 17.8. The molecule has 1 N–H and O–H groups in total. The Labute approximate surface area is 171 Å². The van der Waals surface area contributed by atoms with E-state index in [1.807, 2.05) is 0 Å². The molecule has 0 unspecified atom stereocenters. The van der Waals surface area contributed by atoms with Gasteiger partial charge in [-0.3, -0.25) is 4.79 Å². The van der Waals surface area contributed by atoms with E-state index >= 15 is 0 Å². The van der Waals surface area contributed by atoms with Crippen LogP contribution in [0.15, 0.2) is 51.8 Å². The first-order chi connectivity index (χ1) is 12.2. The number of sulfonamides is 1. The van der Waals surface area contributed by atoms with Crippen LogP contribution < -0.4 is 5.32 Å². The van der Waals surface area contributed by atoms with Crippen molar-refractivity contribution in [1.29, 1.82) is 0 Å². The summed E-state index contributed by atoms with van der Waals surface area (Å²) in [5.41, 5.74) is 0.697. The van der Waals surface area contributed by atoms with E-state index in [-0.39, 0.29) is 24.5 Å². The average molecular weight is 480 g/mol. The van der Waals surface area contributed by atoms with E-state index in [9.17, 15) is 13.2 Å². The molecule has 9 heteroatoms. The Kier molecular flexibility index (Phi) is 7.49. The second-order valence-corrected chi connectivity index (χ2v) is 9.09. The maximum Gasteiger partial charge on any atom is 0.243 e. The number of benzene rings is 2. The van der Waals surface area contributed by atoms with E-state index < -0.39 is 15.9 Å². The third-order valence-electron chi connectivity index (χ3n) is 3.62. The molecule has 0 aliphatic rings. The first kappa shape index (κ1) is 21.2. The second kappa shape index (κ2) is 9.19. The zero-order valence-electron chi connectivity index (χ0n) is 13.9. The van der Waals surface area contributed by atoms with Crippen LogP contribution in [-0.2, 0) is 21.4 Å². The Morgan fingerprint density at radius 3 is 2.38 bits per heavy atom. The summed E-state index contributed by atoms with van der Waals surface area (Å²) in [6, 6.07) is 11.2. The summed E-state index contributed by atoms with van der Waals surface area (Å²) < 4.78 is 27.2. The fourth-order valence-corrected chi connectivity index (χ4v) is 4.34. The molecule has 0 aromatic heterocycles. The molecular formula is C17H17BrCl2N2O3S. The van der Waals surface area contributed by atoms with E-state index in [1.165, 1.54) is 12.1 Å². The van der Waals surface area contributed by atoms with Crippen LogP contribution >= 0.6 is 39.1 Å². The number of halogens is 3. The molecule has 0 heterocycles. The summed E-state index contributed by atoms with van der Waals surface area (Å²) in [5, 5.41) is 3.62. The van der Waals surface area contributed by atoms with Crippen molar-refractivity contribution in [2.24, 2.45) is 0 Å². The topological polar surface area (TPSA) is 66.5 Å². The smallest absolute Gasteiger partial charge is 0.243 e. The highest BCUT2D eigenvalue weighted by molar-refractivity contribution is 9.10. The van der Waals surface area contributed by atoms with Gasteiger partial charge in [-0.25, -0.2) is 8.42 Å². The minimum atomic E-state index is -3.75. The van der Waals surface area contributed by atoms with Crippen LogP contribution in [0.1, 0.15) is 12.5 Å². The minimum Gasteiger partial charge on any atom is -0.351 e. The van der Waals surface area contributed by atoms with Gasteiger partial charge in [0.1, 0.15) is 0 Å². The van der Waals surface area contributed by atoms with Crippen LogP contribution in [0, 0.1) is 0 Å². The Morgan fingerprint density at radius 1 is 1.15 bits per heavy atom. The maximum absolute atomic E-state index is 12.7. The first-order valence-corrected chi connectivity index (χ1v) is 10.7. The predicted molar refractivity (Wildman–Crippen MR) is 107 cm³/mol. The summed E-state index contributed by atoms with van der Waals surface area (Å²) in [6.45, 7) is 1.76. The van der Waals surface area contributed by atoms with Crippen molar-refractivity contribution in [2.75, 3.05) is 13.1 Å². The number of rotatable bonds is 7. The molecule has 0 saturated heterocycles. The number of carbonyl (C=O) groups excluding carboxylic acids is 1. The highest BCUT2D eigenvalue weighted by atomic mass is 79.9. The van der Waals surface area contributed by atoms with Crippen LogP contribution in [0.3, 0.4) is 0 Å². The monoisotopic (exact) mass is 478 g/mol. The summed E-state index contributed by atoms with van der Waals surface area (Å²) in [5.74, 6) is -0.418. The van der Waals surface area contributed by atoms with Crippen molar-refractivity contribution >= 4 is 55.1 Å². The summed E-state index contributed by atoms with van der Waals surface area (Å²) in [6.07, 6.45) is 0. The highest BCUT2D eigenvalue weighted by Gasteiger charge is 2.25. The van der Waals surface area contributed by atoms with E-state index in [0.717, 1.165) is 8.78 Å². The highest BCUT2D eigenvalue weighted by Crippen LogP contribution is 2.21. The molecule has 0 spiro atoms. The van der Waals surface area contributed by atoms with Gasteiger partial charge in [0.05, 0.1) is 11.4 Å². The molecule has 2 aromatic carbocycles. The van der Waals surface area contributed by atoms with Crippen LogP contribution in [0.4, 0.5) is 0 Å². The lowest BCUT2D eigenvalue weighted by atomic mass is 10.2. The molecule has 0 atom stereocenters. The molecular weight excluding hydrogens is 463 g/mol. The van der Waals surface area contributed by atoms with Gasteiger partial charge in [0.15, 0.2) is 0 Å². The number of nitrogens with one attached hydrogen (secondary N) is 1. The van der Waals surface area contributed by atoms with E-state index in [4.69, 9.17) is 23.2 Å². The Bertz CT molecular complexity index is 889. The van der Waals surface area contributed by atoms with E-state index in [2.05, 4.69) is 21.2 Å². The summed E-state index contributed by atoms with van der Waals surface area (Å²) in [7, 11) is -3.75. The standard InChI is InChI=1S/C17H17BrCl2N2O3S/c1-2-22(26(24,25)15-7-4-13(18)5-8-15)11-17(23)21-10-12-3-6-14(19)9-16(12)20/h3-9H,2,10-11H2,1H3,(H,21,23). The van der Waals surface area contributed by atoms with Gasteiger partial charge in [-0.2, -0.15) is 4.31 Å². The fourth-order valence-electron chi connectivity index (χ4n) is 2.20. The lowest BCUT2D eigenvalue weighted by Crippen LogP contribution is -2.40. The van der Waals surface area contributed by atoms with Gasteiger partial charge in [-0.05, 0) is 42.0 Å². The van der Waals surface area contributed by atoms with Crippen molar-refractivity contribution in [2.45, 2.75) is 18.4 Å². The Morgan fingerprint density at radius 2 is 1.81 bits per heavy atom. The normalized spacial score (nSPS) is 11.6. The molecule has 5 nitrogen and oxygen atoms in total. The molecule has 0 radical (unpaired) electrons. The Balaban J connectivity index is 2.04. The molecule has 0 aliphatic heterocycles. The molecule has 2 aromatic rings. The quantitative estimate of drug-likeness (QED) is 0.650. The van der Waals surface area contributed by atoms with Gasteiger partial charge in [0, 0.05) is 27.6 Å². The average Bonchev–Trinajstić information content (AvgIpc) is 2.59. The minimum absolute atomic E-state index is 0.135. The third-order valence-corrected chi connectivity index (χ3v) is 6.67. The van der Waals surface area contributed by atoms with Crippen molar-refractivity contribution in [3.8, 4) is 0 Å². The van der Waals surface area contributed by atoms with Gasteiger partial charge in [-0.15, -0.1) is 0 Å². The third kappa shape index (κ3) is 5.44. The van der Waals surface area contributed by atoms with Gasteiger partial charge >= 0.3 is 0 Å². The number of hydrogen-bond acceptors (Lipinski definition) is 3. The summed E-state index contributed by atoms with van der Waals surface area (Å²) in [4.78, 5) is 12.3. The van der Waals surface area contributed by atoms with Gasteiger partial charge in [0.25, 0.3) is 0 Å². The van der Waals surface area contributed by atoms with E-state index in [1.54, 1.807) is 37.3 Å². The number of amides is 1. The van der Waals surface area contributed by atoms with Gasteiger partial charge in [0.2, 0.25) is 15.9 Å². The molecule has 0 fully saturated rings. The molecule has 2 rings (SSSR count). The fraction of sp³-hybridized carbons (Fsp3) is 0.235. The van der Waals surface area contributed by atoms with Gasteiger partial charge in [-0.1, -0.05) is 52.1 Å². The molecule has 0 saturated carbocycles. The largest absolute Gasteiger partial charge is 0.351 e. The molecule has 26 heavy (non-hydrogen) atoms. The number of nitrogens with zero attached hydrogens (tertiary/aromatic N) is 1. The molecule has 140 valence electrons. The van der Waals surface area contributed by atoms with Crippen molar-refractivity contribution in [3.05, 3.63) is 62.5 Å². The van der Waals surface area contributed by atoms with Crippen molar-refractivity contribution in [3.63, 3.8) is 0 Å². The molecule has 0 bridgehead atoms. The van der Waals surface area contributed by atoms with Gasteiger partial charge < -0.3 is 5.32 Å². The first-order valence-electron chi connectivity index (χ1n) is 7.70. The maximum atomic E-state index is 12.7. The second-order valence-electron chi connectivity index (χ2n) is 5.40. The van der Waals surface area contributed by atoms with E-state index in [0.29, 0.717) is 15.6 Å². The van der Waals surface area contributed by atoms with Crippen molar-refractivity contribution < 1.29 is 13.2 Å². The predicted octanol–water partition coefficient (Wildman–Crippen LogP) is 4.08. The van der Waals surface area contributed by atoms with Crippen molar-refractivity contribution in [1.82, 2.24) is 9.62 Å². The molecule has 1 amide bonds.